The molecule has 0 aromatic heterocycles. The Morgan fingerprint density at radius 2 is 2.00 bits per heavy atom. The summed E-state index contributed by atoms with van der Waals surface area (Å²) in [6.45, 7) is 1.38. The average molecular weight is 258 g/mol. The van der Waals surface area contributed by atoms with Gasteiger partial charge in [-0.15, -0.1) is 0 Å². The Morgan fingerprint density at radius 3 is 2.50 bits per heavy atom. The number of urea groups is 1. The fourth-order valence-corrected chi connectivity index (χ4v) is 2.32. The van der Waals surface area contributed by atoms with Crippen LogP contribution >= 0.6 is 0 Å². The van der Waals surface area contributed by atoms with Crippen molar-refractivity contribution in [3.05, 3.63) is 0 Å². The summed E-state index contributed by atoms with van der Waals surface area (Å²) in [5, 5.41) is 21.3. The summed E-state index contributed by atoms with van der Waals surface area (Å²) in [6.07, 6.45) is 0.567. The molecule has 0 aromatic carbocycles. The number of ether oxygens (including phenoxy) is 1. The smallest absolute Gasteiger partial charge is 0.329 e. The Balaban J connectivity index is 2.00. The standard InChI is InChI=1S/C11H18N2O5/c14-8-1-4-13(7-8)10(17)12-11(9(15)16)2-5-18-6-3-11/h8,14H,1-7H2,(H,12,17)(H,15,16)/t8-/m0/s1. The summed E-state index contributed by atoms with van der Waals surface area (Å²) in [6, 6.07) is -0.421. The predicted octanol–water partition coefficient (Wildman–Crippen LogP) is -0.604. The minimum absolute atomic E-state index is 0.262. The van der Waals surface area contributed by atoms with Crippen LogP contribution < -0.4 is 5.32 Å². The maximum atomic E-state index is 12.0. The fraction of sp³-hybridized carbons (Fsp3) is 0.818. The highest BCUT2D eigenvalue weighted by Gasteiger charge is 2.43. The first-order chi connectivity index (χ1) is 8.53. The molecule has 2 saturated heterocycles. The molecule has 2 fully saturated rings. The average Bonchev–Trinajstić information content (AvgIpc) is 2.77. The number of carbonyl (C=O) groups excluding carboxylic acids is 1. The number of likely N-dealkylation sites (tertiary alicyclic amines) is 1. The van der Waals surface area contributed by atoms with Crippen molar-refractivity contribution < 1.29 is 24.5 Å². The largest absolute Gasteiger partial charge is 0.480 e. The molecule has 0 unspecified atom stereocenters. The number of hydrogen-bond donors (Lipinski definition) is 3. The minimum Gasteiger partial charge on any atom is -0.480 e. The third-order valence-corrected chi connectivity index (χ3v) is 3.55. The number of aliphatic hydroxyl groups is 1. The van der Waals surface area contributed by atoms with Gasteiger partial charge in [0.05, 0.1) is 6.10 Å². The molecule has 0 spiro atoms. The first-order valence-corrected chi connectivity index (χ1v) is 6.10. The van der Waals surface area contributed by atoms with Gasteiger partial charge < -0.3 is 25.2 Å². The van der Waals surface area contributed by atoms with Crippen molar-refractivity contribution in [3.8, 4) is 0 Å². The second-order valence-electron chi connectivity index (χ2n) is 4.82. The van der Waals surface area contributed by atoms with Crippen LogP contribution in [0.15, 0.2) is 0 Å². The number of rotatable bonds is 2. The molecule has 102 valence electrons. The minimum atomic E-state index is -1.23. The van der Waals surface area contributed by atoms with Crippen molar-refractivity contribution in [3.63, 3.8) is 0 Å². The molecular weight excluding hydrogens is 240 g/mol. The van der Waals surface area contributed by atoms with E-state index in [9.17, 15) is 19.8 Å². The van der Waals surface area contributed by atoms with E-state index in [0.717, 1.165) is 0 Å². The van der Waals surface area contributed by atoms with Crippen molar-refractivity contribution in [1.29, 1.82) is 0 Å². The van der Waals surface area contributed by atoms with E-state index in [-0.39, 0.29) is 19.4 Å². The summed E-state index contributed by atoms with van der Waals surface area (Å²) in [4.78, 5) is 24.8. The number of nitrogens with one attached hydrogen (secondary N) is 1. The molecular formula is C11H18N2O5. The van der Waals surface area contributed by atoms with Crippen molar-refractivity contribution in [1.82, 2.24) is 10.2 Å². The Bertz CT molecular complexity index is 340. The van der Waals surface area contributed by atoms with Gasteiger partial charge in [0.15, 0.2) is 0 Å². The van der Waals surface area contributed by atoms with E-state index in [1.165, 1.54) is 4.90 Å². The van der Waals surface area contributed by atoms with Crippen molar-refractivity contribution >= 4 is 12.0 Å². The Kier molecular flexibility index (Phi) is 3.72. The van der Waals surface area contributed by atoms with Crippen LogP contribution in [0.3, 0.4) is 0 Å². The Hall–Kier alpha value is -1.34. The Labute approximate surface area is 105 Å². The number of carbonyl (C=O) groups is 2. The third kappa shape index (κ3) is 2.56. The topological polar surface area (TPSA) is 99.1 Å². The van der Waals surface area contributed by atoms with Gasteiger partial charge in [-0.1, -0.05) is 0 Å². The number of carboxylic acids is 1. The summed E-state index contributed by atoms with van der Waals surface area (Å²) in [7, 11) is 0. The second-order valence-corrected chi connectivity index (χ2v) is 4.82. The van der Waals surface area contributed by atoms with Gasteiger partial charge in [-0.3, -0.25) is 0 Å². The lowest BCUT2D eigenvalue weighted by Crippen LogP contribution is -2.60. The van der Waals surface area contributed by atoms with E-state index in [1.54, 1.807) is 0 Å². The lowest BCUT2D eigenvalue weighted by atomic mass is 9.90. The van der Waals surface area contributed by atoms with Crippen LogP contribution in [-0.4, -0.2) is 65.1 Å². The lowest BCUT2D eigenvalue weighted by molar-refractivity contribution is -0.148. The normalized spacial score (nSPS) is 26.9. The highest BCUT2D eigenvalue weighted by molar-refractivity contribution is 5.86. The number of amides is 2. The van der Waals surface area contributed by atoms with E-state index in [4.69, 9.17) is 4.74 Å². The van der Waals surface area contributed by atoms with Gasteiger partial charge in [0.2, 0.25) is 0 Å². The third-order valence-electron chi connectivity index (χ3n) is 3.55. The summed E-state index contributed by atoms with van der Waals surface area (Å²) >= 11 is 0. The molecule has 0 aliphatic carbocycles. The first kappa shape index (κ1) is 13.1. The highest BCUT2D eigenvalue weighted by Crippen LogP contribution is 2.22. The molecule has 18 heavy (non-hydrogen) atoms. The molecule has 0 bridgehead atoms. The number of β-amino-alcohol motifs (C(OH)–C–C–N with tert-alkyl or cyclic N) is 1. The van der Waals surface area contributed by atoms with Crippen LogP contribution in [0.4, 0.5) is 4.79 Å². The summed E-state index contributed by atoms with van der Waals surface area (Å²) in [5.74, 6) is -1.03. The molecule has 0 saturated carbocycles. The first-order valence-electron chi connectivity index (χ1n) is 6.10. The van der Waals surface area contributed by atoms with Gasteiger partial charge in [-0.2, -0.15) is 0 Å². The van der Waals surface area contributed by atoms with Gasteiger partial charge >= 0.3 is 12.0 Å². The monoisotopic (exact) mass is 258 g/mol. The zero-order valence-corrected chi connectivity index (χ0v) is 10.1. The van der Waals surface area contributed by atoms with E-state index in [2.05, 4.69) is 5.32 Å². The Morgan fingerprint density at radius 1 is 1.33 bits per heavy atom. The zero-order valence-electron chi connectivity index (χ0n) is 10.1. The van der Waals surface area contributed by atoms with E-state index < -0.39 is 23.6 Å². The lowest BCUT2D eigenvalue weighted by Gasteiger charge is -2.35. The van der Waals surface area contributed by atoms with Crippen molar-refractivity contribution in [2.75, 3.05) is 26.3 Å². The van der Waals surface area contributed by atoms with E-state index in [1.807, 2.05) is 0 Å². The van der Waals surface area contributed by atoms with Crippen molar-refractivity contribution in [2.24, 2.45) is 0 Å². The number of nitrogens with zero attached hydrogens (tertiary/aromatic N) is 1. The van der Waals surface area contributed by atoms with Crippen molar-refractivity contribution in [2.45, 2.75) is 30.9 Å². The molecule has 3 N–H and O–H groups in total. The number of carboxylic acid groups (broad SMARTS) is 1. The molecule has 2 aliphatic heterocycles. The number of hydrogen-bond acceptors (Lipinski definition) is 4. The van der Waals surface area contributed by atoms with Crippen LogP contribution in [0.5, 0.6) is 0 Å². The quantitative estimate of drug-likeness (QED) is 0.614. The molecule has 0 radical (unpaired) electrons. The SMILES string of the molecule is O=C(NC1(C(=O)O)CCOCC1)N1CC[C@H](O)C1. The van der Waals surface area contributed by atoms with E-state index >= 15 is 0 Å². The molecule has 2 amide bonds. The molecule has 0 aromatic rings. The van der Waals surface area contributed by atoms with Crippen LogP contribution in [0.2, 0.25) is 0 Å². The number of aliphatic hydroxyl groups excluding tert-OH is 1. The van der Waals surface area contributed by atoms with Gasteiger partial charge in [-0.05, 0) is 6.42 Å². The van der Waals surface area contributed by atoms with E-state index in [0.29, 0.717) is 26.2 Å². The number of aliphatic carboxylic acids is 1. The predicted molar refractivity (Wildman–Crippen MR) is 61.1 cm³/mol. The molecule has 7 heteroatoms. The highest BCUT2D eigenvalue weighted by atomic mass is 16.5. The maximum Gasteiger partial charge on any atom is 0.329 e. The molecule has 2 heterocycles. The summed E-state index contributed by atoms with van der Waals surface area (Å²) in [5.41, 5.74) is -1.23. The second kappa shape index (κ2) is 5.11. The molecule has 2 aliphatic rings. The van der Waals surface area contributed by atoms with Crippen LogP contribution in [0.1, 0.15) is 19.3 Å². The zero-order chi connectivity index (χ0) is 13.2. The van der Waals surface area contributed by atoms with Gasteiger partial charge in [0, 0.05) is 39.1 Å². The van der Waals surface area contributed by atoms with Gasteiger partial charge in [0.25, 0.3) is 0 Å². The van der Waals surface area contributed by atoms with Crippen LogP contribution in [-0.2, 0) is 9.53 Å². The van der Waals surface area contributed by atoms with Crippen LogP contribution in [0.25, 0.3) is 0 Å². The van der Waals surface area contributed by atoms with Gasteiger partial charge in [-0.25, -0.2) is 9.59 Å². The maximum absolute atomic E-state index is 12.0. The molecule has 2 rings (SSSR count). The van der Waals surface area contributed by atoms with Crippen LogP contribution in [0, 0.1) is 0 Å². The van der Waals surface area contributed by atoms with Gasteiger partial charge in [0.1, 0.15) is 5.54 Å². The molecule has 7 nitrogen and oxygen atoms in total. The molecule has 1 atom stereocenters. The summed E-state index contributed by atoms with van der Waals surface area (Å²) < 4.78 is 5.13. The fourth-order valence-electron chi connectivity index (χ4n) is 2.32.